The van der Waals surface area contributed by atoms with Crippen LogP contribution in [0.15, 0.2) is 30.3 Å². The molecule has 0 aliphatic carbocycles. The van der Waals surface area contributed by atoms with Crippen molar-refractivity contribution in [3.8, 4) is 0 Å². The van der Waals surface area contributed by atoms with E-state index in [0.717, 1.165) is 5.56 Å². The lowest BCUT2D eigenvalue weighted by Crippen LogP contribution is -2.48. The first-order valence-electron chi connectivity index (χ1n) is 8.62. The van der Waals surface area contributed by atoms with Gasteiger partial charge in [-0.05, 0) is 24.9 Å². The van der Waals surface area contributed by atoms with Crippen molar-refractivity contribution in [1.29, 1.82) is 0 Å². The summed E-state index contributed by atoms with van der Waals surface area (Å²) < 4.78 is 41.1. The van der Waals surface area contributed by atoms with Gasteiger partial charge in [-0.1, -0.05) is 37.3 Å². The fourth-order valence-electron chi connectivity index (χ4n) is 3.31. The molecular weight excluding hydrogens is 333 g/mol. The molecule has 1 aromatic carbocycles. The zero-order chi connectivity index (χ0) is 18.4. The number of aliphatic hydroxyl groups excluding tert-OH is 1. The minimum absolute atomic E-state index is 0.0839. The number of aliphatic hydroxyl groups is 1. The lowest BCUT2D eigenvalue weighted by molar-refractivity contribution is -0.121. The molecule has 1 aliphatic heterocycles. The highest BCUT2D eigenvalue weighted by molar-refractivity contribution is 5.75. The van der Waals surface area contributed by atoms with Crippen LogP contribution in [0, 0.1) is 0 Å². The van der Waals surface area contributed by atoms with Gasteiger partial charge in [-0.15, -0.1) is 0 Å². The summed E-state index contributed by atoms with van der Waals surface area (Å²) >= 11 is 0. The summed E-state index contributed by atoms with van der Waals surface area (Å²) in [5.74, 6) is -0.272. The summed E-state index contributed by atoms with van der Waals surface area (Å²) in [5, 5.41) is 12.4. The number of rotatable bonds is 8. The lowest BCUT2D eigenvalue weighted by Gasteiger charge is -2.30. The van der Waals surface area contributed by atoms with Crippen molar-refractivity contribution in [1.82, 2.24) is 10.2 Å². The minimum atomic E-state index is -2.85. The zero-order valence-electron chi connectivity index (χ0n) is 14.2. The van der Waals surface area contributed by atoms with Gasteiger partial charge in [-0.25, -0.2) is 13.2 Å². The first kappa shape index (κ1) is 19.7. The number of nitrogens with zero attached hydrogens (tertiary/aromatic N) is 1. The second-order valence-corrected chi connectivity index (χ2v) is 6.31. The third-order valence-electron chi connectivity index (χ3n) is 4.66. The molecule has 25 heavy (non-hydrogen) atoms. The Morgan fingerprint density at radius 2 is 2.00 bits per heavy atom. The number of aryl methyl sites for hydroxylation is 1. The highest BCUT2D eigenvalue weighted by Gasteiger charge is 2.52. The van der Waals surface area contributed by atoms with Gasteiger partial charge < -0.3 is 10.4 Å². The molecule has 1 heterocycles. The van der Waals surface area contributed by atoms with Crippen LogP contribution in [-0.2, 0) is 11.2 Å². The predicted molar refractivity (Wildman–Crippen MR) is 89.3 cm³/mol. The van der Waals surface area contributed by atoms with Crippen LogP contribution in [0.3, 0.4) is 0 Å². The highest BCUT2D eigenvalue weighted by Crippen LogP contribution is 2.31. The van der Waals surface area contributed by atoms with Gasteiger partial charge in [0.25, 0.3) is 6.43 Å². The number of carbonyl (C=O) groups is 1. The Morgan fingerprint density at radius 1 is 1.32 bits per heavy atom. The van der Waals surface area contributed by atoms with Crippen LogP contribution in [-0.4, -0.2) is 59.8 Å². The molecule has 4 nitrogen and oxygen atoms in total. The molecule has 0 aromatic heterocycles. The Bertz CT molecular complexity index is 544. The Hall–Kier alpha value is -1.60. The fourth-order valence-corrected chi connectivity index (χ4v) is 3.31. The van der Waals surface area contributed by atoms with Crippen molar-refractivity contribution in [2.24, 2.45) is 0 Å². The molecule has 2 rings (SSSR count). The Balaban J connectivity index is 2.02. The van der Waals surface area contributed by atoms with E-state index in [1.54, 1.807) is 6.92 Å². The third kappa shape index (κ3) is 4.95. The number of carbonyl (C=O) groups excluding carboxylic acids is 1. The summed E-state index contributed by atoms with van der Waals surface area (Å²) in [6.45, 7) is 1.80. The van der Waals surface area contributed by atoms with E-state index in [1.165, 1.54) is 4.90 Å². The van der Waals surface area contributed by atoms with Gasteiger partial charge in [0.1, 0.15) is 18.3 Å². The summed E-state index contributed by atoms with van der Waals surface area (Å²) in [5.41, 5.74) is 1.07. The van der Waals surface area contributed by atoms with E-state index in [9.17, 15) is 23.1 Å². The summed E-state index contributed by atoms with van der Waals surface area (Å²) in [6.07, 6.45) is -4.94. The molecule has 7 heteroatoms. The average Bonchev–Trinajstić information content (AvgIpc) is 2.84. The molecule has 1 aliphatic rings. The number of halogens is 3. The molecule has 4 atom stereocenters. The molecule has 1 amide bonds. The van der Waals surface area contributed by atoms with Gasteiger partial charge in [0, 0.05) is 13.0 Å². The molecule has 140 valence electrons. The quantitative estimate of drug-likeness (QED) is 0.749. The number of hydrogen-bond acceptors (Lipinski definition) is 3. The van der Waals surface area contributed by atoms with E-state index in [0.29, 0.717) is 12.8 Å². The van der Waals surface area contributed by atoms with Crippen molar-refractivity contribution < 1.29 is 23.1 Å². The van der Waals surface area contributed by atoms with Gasteiger partial charge in [0.15, 0.2) is 0 Å². The van der Waals surface area contributed by atoms with Crippen LogP contribution in [0.1, 0.15) is 25.3 Å². The molecular formula is C18H25F3N2O2. The average molecular weight is 358 g/mol. The Labute approximate surface area is 146 Å². The number of likely N-dealkylation sites (tertiary alicyclic amines) is 1. The highest BCUT2D eigenvalue weighted by atomic mass is 19.3. The largest absolute Gasteiger partial charge is 0.388 e. The number of nitrogens with one attached hydrogen (secondary N) is 1. The molecule has 0 unspecified atom stereocenters. The van der Waals surface area contributed by atoms with E-state index >= 15 is 0 Å². The van der Waals surface area contributed by atoms with Gasteiger partial charge >= 0.3 is 0 Å². The van der Waals surface area contributed by atoms with E-state index in [-0.39, 0.29) is 25.4 Å². The van der Waals surface area contributed by atoms with Crippen LogP contribution in [0.4, 0.5) is 13.2 Å². The number of alkyl halides is 3. The second kappa shape index (κ2) is 9.20. The maximum Gasteiger partial charge on any atom is 0.256 e. The molecule has 0 radical (unpaired) electrons. The smallest absolute Gasteiger partial charge is 0.256 e. The molecule has 2 N–H and O–H groups in total. The first-order valence-corrected chi connectivity index (χ1v) is 8.62. The molecule has 1 aromatic rings. The van der Waals surface area contributed by atoms with Crippen molar-refractivity contribution in [2.45, 2.75) is 57.0 Å². The van der Waals surface area contributed by atoms with E-state index in [1.807, 2.05) is 30.3 Å². The van der Waals surface area contributed by atoms with Crippen molar-refractivity contribution in [3.05, 3.63) is 35.9 Å². The van der Waals surface area contributed by atoms with E-state index in [2.05, 4.69) is 5.32 Å². The summed E-state index contributed by atoms with van der Waals surface area (Å²) in [7, 11) is 0. The molecule has 1 saturated heterocycles. The molecule has 0 saturated carbocycles. The van der Waals surface area contributed by atoms with Crippen molar-refractivity contribution >= 4 is 5.91 Å². The van der Waals surface area contributed by atoms with E-state index in [4.69, 9.17) is 0 Å². The van der Waals surface area contributed by atoms with Crippen LogP contribution >= 0.6 is 0 Å². The fraction of sp³-hybridized carbons (Fsp3) is 0.611. The van der Waals surface area contributed by atoms with Crippen LogP contribution in [0.25, 0.3) is 0 Å². The monoisotopic (exact) mass is 358 g/mol. The summed E-state index contributed by atoms with van der Waals surface area (Å²) in [4.78, 5) is 12.7. The maximum atomic E-state index is 14.4. The van der Waals surface area contributed by atoms with Crippen LogP contribution < -0.4 is 5.32 Å². The van der Waals surface area contributed by atoms with Gasteiger partial charge in [0.2, 0.25) is 5.91 Å². The summed E-state index contributed by atoms with van der Waals surface area (Å²) in [6, 6.07) is 7.10. The lowest BCUT2D eigenvalue weighted by atomic mass is 10.1. The SMILES string of the molecule is CCC(=O)NC[C@@H]1[C@H](F)[C@H](O)[C@@H](C(F)F)N1CCCc1ccccc1. The van der Waals surface area contributed by atoms with Crippen LogP contribution in [0.5, 0.6) is 0 Å². The van der Waals surface area contributed by atoms with Crippen molar-refractivity contribution in [3.63, 3.8) is 0 Å². The van der Waals surface area contributed by atoms with Gasteiger partial charge in [-0.2, -0.15) is 0 Å². The van der Waals surface area contributed by atoms with Gasteiger partial charge in [-0.3, -0.25) is 9.69 Å². The number of hydrogen-bond donors (Lipinski definition) is 2. The minimum Gasteiger partial charge on any atom is -0.388 e. The normalized spacial score (nSPS) is 27.0. The van der Waals surface area contributed by atoms with Crippen molar-refractivity contribution in [2.75, 3.05) is 13.1 Å². The molecule has 0 spiro atoms. The standard InChI is InChI=1S/C18H25F3N2O2/c1-2-14(24)22-11-13-15(19)17(25)16(18(20)21)23(13)10-6-9-12-7-4-3-5-8-12/h3-5,7-8,13,15-18,25H,2,6,9-11H2,1H3,(H,22,24)/t13-,15+,16+,17+/m1/s1. The Kier molecular flexibility index (Phi) is 7.25. The predicted octanol–water partition coefficient (Wildman–Crippen LogP) is 2.16. The third-order valence-corrected chi connectivity index (χ3v) is 4.66. The number of amides is 1. The zero-order valence-corrected chi connectivity index (χ0v) is 14.2. The topological polar surface area (TPSA) is 52.6 Å². The van der Waals surface area contributed by atoms with E-state index < -0.39 is 30.8 Å². The molecule has 1 fully saturated rings. The first-order chi connectivity index (χ1) is 12.0. The Morgan fingerprint density at radius 3 is 2.60 bits per heavy atom. The maximum absolute atomic E-state index is 14.4. The second-order valence-electron chi connectivity index (χ2n) is 6.31. The van der Waals surface area contributed by atoms with Crippen LogP contribution in [0.2, 0.25) is 0 Å². The van der Waals surface area contributed by atoms with Gasteiger partial charge in [0.05, 0.1) is 6.04 Å². The molecule has 0 bridgehead atoms. The number of benzene rings is 1.